The molecule has 1 aliphatic heterocycles. The molecular formula is C21H21N3O5S2. The first-order chi connectivity index (χ1) is 14.9. The highest BCUT2D eigenvalue weighted by atomic mass is 32.2. The van der Waals surface area contributed by atoms with E-state index in [0.717, 1.165) is 0 Å². The monoisotopic (exact) mass is 459 g/mol. The zero-order valence-corrected chi connectivity index (χ0v) is 18.3. The molecule has 31 heavy (non-hydrogen) atoms. The summed E-state index contributed by atoms with van der Waals surface area (Å²) in [5, 5.41) is 2.81. The third-order valence-electron chi connectivity index (χ3n) is 4.58. The van der Waals surface area contributed by atoms with Crippen LogP contribution >= 0.6 is 11.8 Å². The number of carbonyl (C=O) groups excluding carboxylic acids is 2. The van der Waals surface area contributed by atoms with Crippen molar-refractivity contribution in [2.45, 2.75) is 10.9 Å². The van der Waals surface area contributed by atoms with Crippen molar-refractivity contribution in [2.75, 3.05) is 30.6 Å². The Balaban J connectivity index is 1.70. The number of hydrogen-bond acceptors (Lipinski definition) is 6. The molecule has 1 fully saturated rings. The highest BCUT2D eigenvalue weighted by Gasteiger charge is 2.35. The lowest BCUT2D eigenvalue weighted by molar-refractivity contribution is -0.119. The Labute approximate surface area is 185 Å². The molecule has 0 saturated carbocycles. The van der Waals surface area contributed by atoms with Crippen molar-refractivity contribution in [3.63, 3.8) is 0 Å². The van der Waals surface area contributed by atoms with Gasteiger partial charge in [-0.1, -0.05) is 5.92 Å². The van der Waals surface area contributed by atoms with E-state index >= 15 is 0 Å². The van der Waals surface area contributed by atoms with Crippen molar-refractivity contribution in [1.29, 1.82) is 0 Å². The van der Waals surface area contributed by atoms with Gasteiger partial charge in [-0.3, -0.25) is 9.59 Å². The fourth-order valence-corrected chi connectivity index (χ4v) is 5.01. The molecule has 2 N–H and O–H groups in total. The Morgan fingerprint density at radius 2 is 1.87 bits per heavy atom. The summed E-state index contributed by atoms with van der Waals surface area (Å²) in [4.78, 5) is 27.2. The lowest BCUT2D eigenvalue weighted by Gasteiger charge is -2.23. The van der Waals surface area contributed by atoms with Crippen LogP contribution in [0.15, 0.2) is 53.4 Å². The Hall–Kier alpha value is -3.00. The number of carbonyl (C=O) groups is 2. The minimum Gasteiger partial charge on any atom is -0.497 e. The minimum absolute atomic E-state index is 0.00361. The van der Waals surface area contributed by atoms with Gasteiger partial charge in [0.25, 0.3) is 5.91 Å². The smallest absolute Gasteiger partial charge is 0.255 e. The van der Waals surface area contributed by atoms with Crippen LogP contribution in [0.4, 0.5) is 5.69 Å². The zero-order valence-electron chi connectivity index (χ0n) is 16.7. The lowest BCUT2D eigenvalue weighted by Crippen LogP contribution is -2.44. The minimum atomic E-state index is -3.74. The number of sulfonamides is 1. The molecule has 1 heterocycles. The van der Waals surface area contributed by atoms with Gasteiger partial charge in [0.15, 0.2) is 0 Å². The number of benzene rings is 2. The van der Waals surface area contributed by atoms with Crippen LogP contribution in [0.2, 0.25) is 0 Å². The number of thioether (sulfide) groups is 1. The van der Waals surface area contributed by atoms with Crippen molar-refractivity contribution in [3.05, 3.63) is 54.1 Å². The average Bonchev–Trinajstić information content (AvgIpc) is 3.28. The number of amides is 2. The van der Waals surface area contributed by atoms with Gasteiger partial charge in [0.05, 0.1) is 24.4 Å². The summed E-state index contributed by atoms with van der Waals surface area (Å²) in [6.07, 6.45) is 5.08. The van der Waals surface area contributed by atoms with Gasteiger partial charge in [-0.05, 0) is 48.5 Å². The van der Waals surface area contributed by atoms with Crippen molar-refractivity contribution >= 4 is 39.3 Å². The first-order valence-corrected chi connectivity index (χ1v) is 11.9. The van der Waals surface area contributed by atoms with E-state index in [1.165, 1.54) is 40.9 Å². The zero-order chi connectivity index (χ0) is 22.4. The summed E-state index contributed by atoms with van der Waals surface area (Å²) < 4.78 is 31.6. The van der Waals surface area contributed by atoms with Crippen molar-refractivity contribution < 1.29 is 22.7 Å². The fraction of sp³-hybridized carbons (Fsp3) is 0.238. The van der Waals surface area contributed by atoms with Crippen LogP contribution in [-0.2, 0) is 14.8 Å². The Bertz CT molecular complexity index is 1090. The van der Waals surface area contributed by atoms with Crippen molar-refractivity contribution in [2.24, 2.45) is 0 Å². The topological polar surface area (TPSA) is 105 Å². The van der Waals surface area contributed by atoms with Crippen LogP contribution in [0.1, 0.15) is 10.4 Å². The average molecular weight is 460 g/mol. The number of hydrogen-bond donors (Lipinski definition) is 2. The Morgan fingerprint density at radius 3 is 2.48 bits per heavy atom. The molecule has 1 atom stereocenters. The number of rotatable bonds is 7. The first-order valence-electron chi connectivity index (χ1n) is 9.22. The van der Waals surface area contributed by atoms with E-state index in [1.54, 1.807) is 31.4 Å². The normalized spacial score (nSPS) is 15.9. The van der Waals surface area contributed by atoms with Crippen LogP contribution in [0, 0.1) is 12.3 Å². The number of nitrogens with zero attached hydrogens (tertiary/aromatic N) is 1. The van der Waals surface area contributed by atoms with Crippen LogP contribution in [0.25, 0.3) is 0 Å². The van der Waals surface area contributed by atoms with E-state index in [9.17, 15) is 18.0 Å². The van der Waals surface area contributed by atoms with Gasteiger partial charge in [-0.15, -0.1) is 18.2 Å². The standard InChI is InChI=1S/C21H21N3O5S2/c1-3-12-22-31(27,28)18-10-4-15(5-11-18)21(26)24-14-30-13-19(24)20(25)23-16-6-8-17(29-2)9-7-16/h1,4-11,19,22H,12-14H2,2H3,(H,23,25). The van der Waals surface area contributed by atoms with E-state index in [1.807, 2.05) is 0 Å². The highest BCUT2D eigenvalue weighted by molar-refractivity contribution is 7.99. The SMILES string of the molecule is C#CCNS(=O)(=O)c1ccc(C(=O)N2CSCC2C(=O)Nc2ccc(OC)cc2)cc1. The maximum atomic E-state index is 13.0. The molecule has 2 aromatic carbocycles. The maximum absolute atomic E-state index is 13.0. The van der Waals surface area contributed by atoms with Crippen molar-refractivity contribution in [1.82, 2.24) is 9.62 Å². The predicted molar refractivity (Wildman–Crippen MR) is 119 cm³/mol. The summed E-state index contributed by atoms with van der Waals surface area (Å²) >= 11 is 1.47. The summed E-state index contributed by atoms with van der Waals surface area (Å²) in [6, 6.07) is 11.8. The van der Waals surface area contributed by atoms with Gasteiger partial charge >= 0.3 is 0 Å². The van der Waals surface area contributed by atoms with Gasteiger partial charge in [-0.2, -0.15) is 4.72 Å². The maximum Gasteiger partial charge on any atom is 0.255 e. The third kappa shape index (κ3) is 5.38. The molecular weight excluding hydrogens is 438 g/mol. The molecule has 0 spiro atoms. The van der Waals surface area contributed by atoms with Gasteiger partial charge in [0.1, 0.15) is 11.8 Å². The van der Waals surface area contributed by atoms with Crippen LogP contribution in [-0.4, -0.2) is 56.5 Å². The van der Waals surface area contributed by atoms with Gasteiger partial charge in [0, 0.05) is 17.0 Å². The number of nitrogens with one attached hydrogen (secondary N) is 2. The first kappa shape index (κ1) is 22.7. The highest BCUT2D eigenvalue weighted by Crippen LogP contribution is 2.25. The molecule has 162 valence electrons. The molecule has 0 aliphatic carbocycles. The van der Waals surface area contributed by atoms with Gasteiger partial charge in [0.2, 0.25) is 15.9 Å². The number of anilines is 1. The van der Waals surface area contributed by atoms with Crippen LogP contribution in [0.3, 0.4) is 0 Å². The molecule has 2 aromatic rings. The van der Waals surface area contributed by atoms with E-state index in [4.69, 9.17) is 11.2 Å². The molecule has 1 aliphatic rings. The lowest BCUT2D eigenvalue weighted by atomic mass is 10.1. The second-order valence-electron chi connectivity index (χ2n) is 6.56. The number of methoxy groups -OCH3 is 1. The largest absolute Gasteiger partial charge is 0.497 e. The second-order valence-corrected chi connectivity index (χ2v) is 9.33. The summed E-state index contributed by atoms with van der Waals surface area (Å²) in [5.74, 6) is 3.07. The Kier molecular flexibility index (Phi) is 7.22. The van der Waals surface area contributed by atoms with Crippen LogP contribution in [0.5, 0.6) is 5.75 Å². The number of ether oxygens (including phenoxy) is 1. The Morgan fingerprint density at radius 1 is 1.19 bits per heavy atom. The van der Waals surface area contributed by atoms with Crippen molar-refractivity contribution in [3.8, 4) is 18.1 Å². The molecule has 1 unspecified atom stereocenters. The number of terminal acetylenes is 1. The predicted octanol–water partition coefficient (Wildman–Crippen LogP) is 1.76. The molecule has 2 amide bonds. The van der Waals surface area contributed by atoms with E-state index in [-0.39, 0.29) is 23.3 Å². The molecule has 8 nitrogen and oxygen atoms in total. The molecule has 3 rings (SSSR count). The molecule has 0 bridgehead atoms. The van der Waals surface area contributed by atoms with Gasteiger partial charge in [-0.25, -0.2) is 8.42 Å². The molecule has 1 saturated heterocycles. The van der Waals surface area contributed by atoms with Crippen LogP contribution < -0.4 is 14.8 Å². The molecule has 10 heteroatoms. The third-order valence-corrected chi connectivity index (χ3v) is 7.01. The summed E-state index contributed by atoms with van der Waals surface area (Å²) in [5.41, 5.74) is 0.893. The summed E-state index contributed by atoms with van der Waals surface area (Å²) in [7, 11) is -2.18. The van der Waals surface area contributed by atoms with Gasteiger partial charge < -0.3 is 15.0 Å². The second kappa shape index (κ2) is 9.87. The fourth-order valence-electron chi connectivity index (χ4n) is 2.92. The van der Waals surface area contributed by atoms with E-state index in [0.29, 0.717) is 28.6 Å². The molecule has 0 aromatic heterocycles. The molecule has 0 radical (unpaired) electrons. The van der Waals surface area contributed by atoms with E-state index < -0.39 is 16.1 Å². The summed E-state index contributed by atoms with van der Waals surface area (Å²) in [6.45, 7) is -0.126. The van der Waals surface area contributed by atoms with E-state index in [2.05, 4.69) is 16.0 Å². The quantitative estimate of drug-likeness (QED) is 0.612.